The zero-order valence-electron chi connectivity index (χ0n) is 7.59. The summed E-state index contributed by atoms with van der Waals surface area (Å²) in [7, 11) is 0. The first kappa shape index (κ1) is 11.7. The fourth-order valence-electron chi connectivity index (χ4n) is 1.02. The Morgan fingerprint density at radius 3 is 2.86 bits per heavy atom. The lowest BCUT2D eigenvalue weighted by Crippen LogP contribution is -2.11. The summed E-state index contributed by atoms with van der Waals surface area (Å²) in [5.41, 5.74) is 0.832. The van der Waals surface area contributed by atoms with Crippen molar-refractivity contribution in [3.8, 4) is 0 Å². The third-order valence-electron chi connectivity index (χ3n) is 1.65. The molecule has 0 saturated heterocycles. The van der Waals surface area contributed by atoms with E-state index in [0.717, 1.165) is 21.9 Å². The molecule has 0 unspecified atom stereocenters. The minimum Gasteiger partial charge on any atom is -0.326 e. The number of rotatable bonds is 4. The van der Waals surface area contributed by atoms with Crippen molar-refractivity contribution in [2.45, 2.75) is 12.8 Å². The lowest BCUT2D eigenvalue weighted by molar-refractivity contribution is -0.116. The van der Waals surface area contributed by atoms with E-state index in [2.05, 4.69) is 37.2 Å². The first-order valence-electron chi connectivity index (χ1n) is 4.34. The number of carbonyl (C=O) groups is 1. The van der Waals surface area contributed by atoms with Gasteiger partial charge < -0.3 is 5.32 Å². The Morgan fingerprint density at radius 1 is 1.43 bits per heavy atom. The summed E-state index contributed by atoms with van der Waals surface area (Å²) in [5, 5.41) is 3.69. The van der Waals surface area contributed by atoms with E-state index in [4.69, 9.17) is 0 Å². The molecule has 0 aliphatic carbocycles. The van der Waals surface area contributed by atoms with Crippen LogP contribution in [-0.4, -0.2) is 11.2 Å². The normalized spacial score (nSPS) is 9.86. The van der Waals surface area contributed by atoms with Crippen LogP contribution in [0.1, 0.15) is 12.8 Å². The maximum atomic E-state index is 11.3. The highest BCUT2D eigenvalue weighted by molar-refractivity contribution is 9.10. The number of halogens is 2. The van der Waals surface area contributed by atoms with Crippen LogP contribution < -0.4 is 5.32 Å². The van der Waals surface area contributed by atoms with Gasteiger partial charge in [0.05, 0.1) is 0 Å². The van der Waals surface area contributed by atoms with Crippen LogP contribution in [0.4, 0.5) is 5.69 Å². The highest BCUT2D eigenvalue weighted by atomic mass is 79.9. The molecule has 76 valence electrons. The number of anilines is 1. The molecule has 1 amide bonds. The average Bonchev–Trinajstić information content (AvgIpc) is 2.15. The lowest BCUT2D eigenvalue weighted by atomic mass is 10.3. The summed E-state index contributed by atoms with van der Waals surface area (Å²) < 4.78 is 0.968. The van der Waals surface area contributed by atoms with Crippen LogP contribution in [-0.2, 0) is 4.79 Å². The van der Waals surface area contributed by atoms with E-state index >= 15 is 0 Å². The molecule has 14 heavy (non-hydrogen) atoms. The van der Waals surface area contributed by atoms with E-state index in [1.807, 2.05) is 24.3 Å². The first-order chi connectivity index (χ1) is 6.72. The molecule has 2 nitrogen and oxygen atoms in total. The second-order valence-corrected chi connectivity index (χ2v) is 4.56. The fourth-order valence-corrected chi connectivity index (χ4v) is 1.70. The Balaban J connectivity index is 2.47. The predicted molar refractivity (Wildman–Crippen MR) is 65.8 cm³/mol. The summed E-state index contributed by atoms with van der Waals surface area (Å²) in [6.45, 7) is 0. The van der Waals surface area contributed by atoms with Crippen LogP contribution in [0, 0.1) is 0 Å². The van der Waals surface area contributed by atoms with Crippen LogP contribution in [0.25, 0.3) is 0 Å². The summed E-state index contributed by atoms with van der Waals surface area (Å²) in [6.07, 6.45) is 1.41. The molecule has 0 spiro atoms. The van der Waals surface area contributed by atoms with Gasteiger partial charge in [-0.2, -0.15) is 0 Å². The van der Waals surface area contributed by atoms with Gasteiger partial charge in [0, 0.05) is 21.9 Å². The summed E-state index contributed by atoms with van der Waals surface area (Å²) in [5.74, 6) is 0.0579. The van der Waals surface area contributed by atoms with Gasteiger partial charge in [-0.25, -0.2) is 0 Å². The molecule has 0 bridgehead atoms. The Bertz CT molecular complexity index is 315. The number of alkyl halides is 1. The molecule has 1 aromatic rings. The Labute approximate surface area is 100 Å². The van der Waals surface area contributed by atoms with Crippen molar-refractivity contribution in [2.24, 2.45) is 0 Å². The van der Waals surface area contributed by atoms with Crippen molar-refractivity contribution < 1.29 is 4.79 Å². The van der Waals surface area contributed by atoms with Crippen molar-refractivity contribution in [3.63, 3.8) is 0 Å². The van der Waals surface area contributed by atoms with Gasteiger partial charge in [0.2, 0.25) is 5.91 Å². The van der Waals surface area contributed by atoms with Crippen molar-refractivity contribution in [1.29, 1.82) is 0 Å². The quantitative estimate of drug-likeness (QED) is 0.844. The maximum absolute atomic E-state index is 11.3. The van der Waals surface area contributed by atoms with Gasteiger partial charge in [0.15, 0.2) is 0 Å². The monoisotopic (exact) mass is 319 g/mol. The summed E-state index contributed by atoms with van der Waals surface area (Å²) in [6, 6.07) is 7.57. The number of carbonyl (C=O) groups excluding carboxylic acids is 1. The minimum absolute atomic E-state index is 0.0579. The Hall–Kier alpha value is -0.350. The molecule has 1 N–H and O–H groups in total. The van der Waals surface area contributed by atoms with Gasteiger partial charge in [0.1, 0.15) is 0 Å². The largest absolute Gasteiger partial charge is 0.326 e. The van der Waals surface area contributed by atoms with E-state index in [1.54, 1.807) is 0 Å². The molecule has 0 fully saturated rings. The standard InChI is InChI=1S/C10H11Br2NO/c11-6-2-5-10(14)13-9-4-1-3-8(12)7-9/h1,3-4,7H,2,5-6H2,(H,13,14). The molecule has 0 saturated carbocycles. The smallest absolute Gasteiger partial charge is 0.224 e. The van der Waals surface area contributed by atoms with Crippen LogP contribution in [0.3, 0.4) is 0 Å². The Morgan fingerprint density at radius 2 is 2.21 bits per heavy atom. The van der Waals surface area contributed by atoms with E-state index in [0.29, 0.717) is 6.42 Å². The van der Waals surface area contributed by atoms with Gasteiger partial charge in [0.25, 0.3) is 0 Å². The van der Waals surface area contributed by atoms with Gasteiger partial charge >= 0.3 is 0 Å². The maximum Gasteiger partial charge on any atom is 0.224 e. The zero-order chi connectivity index (χ0) is 10.4. The second kappa shape index (κ2) is 6.19. The van der Waals surface area contributed by atoms with E-state index in [-0.39, 0.29) is 5.91 Å². The second-order valence-electron chi connectivity index (χ2n) is 2.85. The van der Waals surface area contributed by atoms with Crippen molar-refractivity contribution in [1.82, 2.24) is 0 Å². The van der Waals surface area contributed by atoms with Crippen LogP contribution in [0.2, 0.25) is 0 Å². The minimum atomic E-state index is 0.0579. The van der Waals surface area contributed by atoms with Crippen LogP contribution >= 0.6 is 31.9 Å². The topological polar surface area (TPSA) is 29.1 Å². The van der Waals surface area contributed by atoms with Gasteiger partial charge in [-0.15, -0.1) is 0 Å². The van der Waals surface area contributed by atoms with Gasteiger partial charge in [-0.3, -0.25) is 4.79 Å². The van der Waals surface area contributed by atoms with Crippen LogP contribution in [0.5, 0.6) is 0 Å². The zero-order valence-corrected chi connectivity index (χ0v) is 10.8. The molecule has 1 aromatic carbocycles. The average molecular weight is 321 g/mol. The van der Waals surface area contributed by atoms with E-state index in [9.17, 15) is 4.79 Å². The lowest BCUT2D eigenvalue weighted by Gasteiger charge is -2.04. The molecular weight excluding hydrogens is 310 g/mol. The molecule has 0 heterocycles. The molecule has 1 rings (SSSR count). The number of benzene rings is 1. The third-order valence-corrected chi connectivity index (χ3v) is 2.70. The van der Waals surface area contributed by atoms with E-state index < -0.39 is 0 Å². The molecular formula is C10H11Br2NO. The van der Waals surface area contributed by atoms with Crippen molar-refractivity contribution >= 4 is 43.5 Å². The number of amides is 1. The SMILES string of the molecule is O=C(CCCBr)Nc1cccc(Br)c1. The number of hydrogen-bond acceptors (Lipinski definition) is 1. The molecule has 0 atom stereocenters. The van der Waals surface area contributed by atoms with Crippen molar-refractivity contribution in [3.05, 3.63) is 28.7 Å². The molecule has 0 aromatic heterocycles. The fraction of sp³-hybridized carbons (Fsp3) is 0.300. The van der Waals surface area contributed by atoms with Crippen LogP contribution in [0.15, 0.2) is 28.7 Å². The Kier molecular flexibility index (Phi) is 5.19. The highest BCUT2D eigenvalue weighted by Gasteiger charge is 2.01. The highest BCUT2D eigenvalue weighted by Crippen LogP contribution is 2.15. The van der Waals surface area contributed by atoms with Crippen molar-refractivity contribution in [2.75, 3.05) is 10.6 Å². The number of hydrogen-bond donors (Lipinski definition) is 1. The molecule has 0 aliphatic rings. The first-order valence-corrected chi connectivity index (χ1v) is 6.25. The van der Waals surface area contributed by atoms with Gasteiger partial charge in [-0.1, -0.05) is 37.9 Å². The molecule has 4 heteroatoms. The summed E-state index contributed by atoms with van der Waals surface area (Å²) >= 11 is 6.63. The molecule has 0 aliphatic heterocycles. The van der Waals surface area contributed by atoms with E-state index in [1.165, 1.54) is 0 Å². The summed E-state index contributed by atoms with van der Waals surface area (Å²) in [4.78, 5) is 11.3. The predicted octanol–water partition coefficient (Wildman–Crippen LogP) is 3.56. The number of nitrogens with one attached hydrogen (secondary N) is 1. The van der Waals surface area contributed by atoms with Gasteiger partial charge in [-0.05, 0) is 24.6 Å². The molecule has 0 radical (unpaired) electrons. The third kappa shape index (κ3) is 4.24.